The lowest BCUT2D eigenvalue weighted by atomic mass is 9.86. The highest BCUT2D eigenvalue weighted by Crippen LogP contribution is 2.44. The summed E-state index contributed by atoms with van der Waals surface area (Å²) in [6, 6.07) is 10.9. The van der Waals surface area contributed by atoms with Crippen molar-refractivity contribution in [2.24, 2.45) is 5.92 Å². The van der Waals surface area contributed by atoms with E-state index in [4.69, 9.17) is 14.2 Å². The molecule has 2 heterocycles. The summed E-state index contributed by atoms with van der Waals surface area (Å²) in [5.74, 6) is -0.292. The number of aromatic nitrogens is 2. The zero-order chi connectivity index (χ0) is 31.9. The van der Waals surface area contributed by atoms with E-state index in [0.717, 1.165) is 0 Å². The van der Waals surface area contributed by atoms with Crippen molar-refractivity contribution in [2.75, 3.05) is 6.61 Å². The van der Waals surface area contributed by atoms with Crippen molar-refractivity contribution in [2.45, 2.75) is 89.6 Å². The number of halogens is 5. The van der Waals surface area contributed by atoms with E-state index in [1.54, 1.807) is 44.2 Å². The van der Waals surface area contributed by atoms with Crippen molar-refractivity contribution in [1.29, 1.82) is 0 Å². The highest BCUT2D eigenvalue weighted by atomic mass is 19.4. The molecule has 0 amide bonds. The monoisotopic (exact) mass is 636 g/mol. The van der Waals surface area contributed by atoms with Gasteiger partial charge in [0, 0.05) is 11.6 Å². The molecule has 2 atom stereocenters. The summed E-state index contributed by atoms with van der Waals surface area (Å²) in [6.07, 6.45) is -6.18. The molecule has 8 nitrogen and oxygen atoms in total. The molecule has 1 saturated carbocycles. The Morgan fingerprint density at radius 2 is 1.82 bits per heavy atom. The van der Waals surface area contributed by atoms with Crippen LogP contribution >= 0.6 is 0 Å². The van der Waals surface area contributed by atoms with E-state index in [2.05, 4.69) is 14.6 Å². The average Bonchev–Trinajstić information content (AvgIpc) is 3.54. The molecule has 3 aliphatic rings. The Bertz CT molecular complexity index is 1550. The summed E-state index contributed by atoms with van der Waals surface area (Å²) in [5, 5.41) is 4.06. The topological polar surface area (TPSA) is 81.0 Å². The largest absolute Gasteiger partial charge is 0.586 e. The summed E-state index contributed by atoms with van der Waals surface area (Å²) in [4.78, 5) is 12.2. The second-order valence-corrected chi connectivity index (χ2v) is 11.5. The maximum Gasteiger partial charge on any atom is 0.586 e. The molecule has 1 aliphatic heterocycles. The molecule has 0 spiro atoms. The number of ether oxygens (including phenoxy) is 5. The molecule has 0 N–H and O–H groups in total. The maximum atomic E-state index is 14.2. The average molecular weight is 637 g/mol. The van der Waals surface area contributed by atoms with Crippen LogP contribution in [0.25, 0.3) is 5.69 Å². The zero-order valence-electron chi connectivity index (χ0n) is 24.7. The van der Waals surface area contributed by atoms with Gasteiger partial charge in [0.05, 0.1) is 30.0 Å². The van der Waals surface area contributed by atoms with E-state index in [1.165, 1.54) is 16.8 Å². The highest BCUT2D eigenvalue weighted by Gasteiger charge is 2.44. The molecular formula is C32H33F5N2O6. The number of alkyl halides is 5. The molecule has 0 saturated heterocycles. The fraction of sp³-hybridized carbons (Fsp3) is 0.500. The third-order valence-corrected chi connectivity index (χ3v) is 8.41. The van der Waals surface area contributed by atoms with Gasteiger partial charge in [0.25, 0.3) is 0 Å². The van der Waals surface area contributed by atoms with Crippen molar-refractivity contribution in [3.8, 4) is 22.9 Å². The molecule has 1 aromatic heterocycles. The quantitative estimate of drug-likeness (QED) is 0.184. The first-order chi connectivity index (χ1) is 21.4. The summed E-state index contributed by atoms with van der Waals surface area (Å²) >= 11 is 0. The van der Waals surface area contributed by atoms with Crippen LogP contribution in [0.2, 0.25) is 0 Å². The van der Waals surface area contributed by atoms with E-state index in [-0.39, 0.29) is 41.5 Å². The second kappa shape index (κ2) is 12.1. The molecule has 3 aromatic rings. The van der Waals surface area contributed by atoms with Crippen LogP contribution in [0.4, 0.5) is 22.0 Å². The number of nitrogens with zero attached hydrogens (tertiary/aromatic N) is 2. The summed E-state index contributed by atoms with van der Waals surface area (Å²) < 4.78 is 97.5. The standard InChI is InChI=1S/C32H33F5N2O6/c1-3-41-30(40)19-10-13-22(14-11-19)43-26-9-5-8-24-28(26)39(38-29(24)31(33,34)35)21-6-4-7-23(17-21)42-18(2)20-12-15-25-27(16-20)45-32(36,37)44-25/h4,6-7,12,15-19,22,26H,3,5,8-11,13-14H2,1-2H3/t18-,19-,22-,26?/m1/s1. The van der Waals surface area contributed by atoms with Crippen molar-refractivity contribution in [3.05, 3.63) is 65.0 Å². The van der Waals surface area contributed by atoms with Crippen LogP contribution in [0.3, 0.4) is 0 Å². The minimum atomic E-state index is -4.66. The molecule has 242 valence electrons. The number of carbonyl (C=O) groups excluding carboxylic acids is 1. The van der Waals surface area contributed by atoms with Crippen LogP contribution < -0.4 is 14.2 Å². The molecular weight excluding hydrogens is 603 g/mol. The first-order valence-corrected chi connectivity index (χ1v) is 15.1. The van der Waals surface area contributed by atoms with Gasteiger partial charge in [-0.2, -0.15) is 18.3 Å². The number of hydrogen-bond acceptors (Lipinski definition) is 7. The van der Waals surface area contributed by atoms with Gasteiger partial charge in [-0.1, -0.05) is 12.1 Å². The molecule has 45 heavy (non-hydrogen) atoms. The van der Waals surface area contributed by atoms with E-state index >= 15 is 0 Å². The predicted octanol–water partition coefficient (Wildman–Crippen LogP) is 7.87. The van der Waals surface area contributed by atoms with Gasteiger partial charge in [-0.3, -0.25) is 4.79 Å². The van der Waals surface area contributed by atoms with E-state index in [1.807, 2.05) is 0 Å². The number of rotatable bonds is 8. The van der Waals surface area contributed by atoms with Gasteiger partial charge < -0.3 is 23.7 Å². The van der Waals surface area contributed by atoms with E-state index in [9.17, 15) is 26.7 Å². The lowest BCUT2D eigenvalue weighted by molar-refractivity contribution is -0.286. The zero-order valence-corrected chi connectivity index (χ0v) is 24.7. The summed E-state index contributed by atoms with van der Waals surface area (Å²) in [7, 11) is 0. The van der Waals surface area contributed by atoms with Crippen molar-refractivity contribution in [1.82, 2.24) is 9.78 Å². The Hall–Kier alpha value is -3.87. The molecule has 1 fully saturated rings. The van der Waals surface area contributed by atoms with Crippen LogP contribution in [-0.2, 0) is 26.9 Å². The van der Waals surface area contributed by atoms with Crippen LogP contribution in [0, 0.1) is 5.92 Å². The number of fused-ring (bicyclic) bond motifs is 2. The number of hydrogen-bond donors (Lipinski definition) is 0. The van der Waals surface area contributed by atoms with Gasteiger partial charge >= 0.3 is 18.4 Å². The molecule has 0 radical (unpaired) electrons. The lowest BCUT2D eigenvalue weighted by Gasteiger charge is -2.33. The van der Waals surface area contributed by atoms with Gasteiger partial charge in [-0.15, -0.1) is 8.78 Å². The third kappa shape index (κ3) is 6.58. The molecule has 1 unspecified atom stereocenters. The minimum Gasteiger partial charge on any atom is -0.486 e. The second-order valence-electron chi connectivity index (χ2n) is 11.5. The lowest BCUT2D eigenvalue weighted by Crippen LogP contribution is -2.29. The van der Waals surface area contributed by atoms with Gasteiger partial charge in [0.15, 0.2) is 17.2 Å². The molecule has 2 aromatic carbocycles. The van der Waals surface area contributed by atoms with Crippen LogP contribution in [0.15, 0.2) is 42.5 Å². The van der Waals surface area contributed by atoms with E-state index < -0.39 is 30.4 Å². The molecule has 6 rings (SSSR count). The highest BCUT2D eigenvalue weighted by molar-refractivity contribution is 5.72. The van der Waals surface area contributed by atoms with Gasteiger partial charge in [0.1, 0.15) is 18.0 Å². The molecule has 0 bridgehead atoms. The van der Waals surface area contributed by atoms with Gasteiger partial charge in [-0.05, 0) is 88.6 Å². The molecule has 2 aliphatic carbocycles. The predicted molar refractivity (Wildman–Crippen MR) is 149 cm³/mol. The van der Waals surface area contributed by atoms with Gasteiger partial charge in [-0.25, -0.2) is 4.68 Å². The normalized spacial score (nSPS) is 22.9. The Balaban J connectivity index is 1.24. The van der Waals surface area contributed by atoms with Crippen molar-refractivity contribution >= 4 is 5.97 Å². The Morgan fingerprint density at radius 1 is 1.07 bits per heavy atom. The van der Waals surface area contributed by atoms with Crippen molar-refractivity contribution in [3.63, 3.8) is 0 Å². The van der Waals surface area contributed by atoms with Crippen LogP contribution in [-0.4, -0.2) is 34.8 Å². The van der Waals surface area contributed by atoms with Gasteiger partial charge in [0.2, 0.25) is 0 Å². The SMILES string of the molecule is CCOC(=O)[C@H]1CC[C@H](OC2CCCc3c(C(F)(F)F)nn(-c4cccc(O[C@H](C)c5ccc6c(c5)OC(F)(F)O6)c4)c32)CC1. The van der Waals surface area contributed by atoms with Crippen LogP contribution in [0.1, 0.15) is 87.1 Å². The van der Waals surface area contributed by atoms with E-state index in [0.29, 0.717) is 67.8 Å². The smallest absolute Gasteiger partial charge is 0.486 e. The van der Waals surface area contributed by atoms with Crippen LogP contribution in [0.5, 0.6) is 17.2 Å². The first-order valence-electron chi connectivity index (χ1n) is 15.1. The fourth-order valence-electron chi connectivity index (χ4n) is 6.30. The minimum absolute atomic E-state index is 0.0920. The number of esters is 1. The summed E-state index contributed by atoms with van der Waals surface area (Å²) in [6.45, 7) is 3.79. The first kappa shape index (κ1) is 31.1. The Morgan fingerprint density at radius 3 is 2.56 bits per heavy atom. The molecule has 13 heteroatoms. The Kier molecular flexibility index (Phi) is 8.40. The Labute approximate surface area is 256 Å². The number of carbonyl (C=O) groups is 1. The number of benzene rings is 2. The summed E-state index contributed by atoms with van der Waals surface area (Å²) in [5.41, 5.74) is 0.438. The maximum absolute atomic E-state index is 14.2. The van der Waals surface area contributed by atoms with Crippen molar-refractivity contribution < 1.29 is 50.4 Å². The third-order valence-electron chi connectivity index (χ3n) is 8.41. The fourth-order valence-corrected chi connectivity index (χ4v) is 6.30.